The van der Waals surface area contributed by atoms with Crippen molar-refractivity contribution in [3.05, 3.63) is 51.5 Å². The quantitative estimate of drug-likeness (QED) is 0.856. The molecule has 2 aliphatic rings. The number of aliphatic carboxylic acids is 1. The number of ether oxygens (including phenoxy) is 1. The number of amides is 1. The second kappa shape index (κ2) is 6.36. The van der Waals surface area contributed by atoms with E-state index >= 15 is 0 Å². The van der Waals surface area contributed by atoms with Crippen LogP contribution in [0.1, 0.15) is 30.1 Å². The summed E-state index contributed by atoms with van der Waals surface area (Å²) in [7, 11) is 1.34. The zero-order chi connectivity index (χ0) is 18.3. The van der Waals surface area contributed by atoms with Crippen molar-refractivity contribution in [3.8, 4) is 5.06 Å². The first-order valence-electron chi connectivity index (χ1n) is 7.50. The summed E-state index contributed by atoms with van der Waals surface area (Å²) in [6, 6.07) is 0.719. The fourth-order valence-corrected chi connectivity index (χ4v) is 3.84. The molecule has 0 radical (unpaired) electrons. The van der Waals surface area contributed by atoms with Gasteiger partial charge in [-0.25, -0.2) is 4.39 Å². The number of hydrogen-bond donors (Lipinski definition) is 2. The Kier molecular flexibility index (Phi) is 4.38. The monoisotopic (exact) mass is 365 g/mol. The van der Waals surface area contributed by atoms with E-state index in [1.54, 1.807) is 6.92 Å². The first-order chi connectivity index (χ1) is 11.8. The van der Waals surface area contributed by atoms with Gasteiger partial charge in [-0.3, -0.25) is 9.59 Å². The molecule has 0 aromatic carbocycles. The van der Waals surface area contributed by atoms with E-state index in [2.05, 4.69) is 0 Å². The van der Waals surface area contributed by atoms with E-state index in [1.165, 1.54) is 29.5 Å². The summed E-state index contributed by atoms with van der Waals surface area (Å²) in [5.74, 6) is -1.89. The molecule has 25 heavy (non-hydrogen) atoms. The van der Waals surface area contributed by atoms with Crippen LogP contribution in [0.4, 0.5) is 4.39 Å². The van der Waals surface area contributed by atoms with E-state index in [1.807, 2.05) is 0 Å². The number of methoxy groups -OCH3 is 1. The lowest BCUT2D eigenvalue weighted by atomic mass is 9.92. The number of carboxylic acids is 1. The Balaban J connectivity index is 2.06. The van der Waals surface area contributed by atoms with Crippen molar-refractivity contribution in [2.45, 2.75) is 25.8 Å². The van der Waals surface area contributed by atoms with Crippen molar-refractivity contribution in [1.29, 1.82) is 0 Å². The van der Waals surface area contributed by atoms with E-state index in [0.29, 0.717) is 16.8 Å². The van der Waals surface area contributed by atoms with Gasteiger partial charge in [0, 0.05) is 23.6 Å². The molecule has 1 aliphatic heterocycles. The highest BCUT2D eigenvalue weighted by Crippen LogP contribution is 2.43. The third-order valence-corrected chi connectivity index (χ3v) is 5.07. The predicted molar refractivity (Wildman–Crippen MR) is 88.7 cm³/mol. The normalized spacial score (nSPS) is 19.9. The molecule has 132 valence electrons. The zero-order valence-electron chi connectivity index (χ0n) is 13.6. The van der Waals surface area contributed by atoms with Crippen molar-refractivity contribution in [2.24, 2.45) is 0 Å². The topological polar surface area (TPSA) is 87.1 Å². The van der Waals surface area contributed by atoms with Gasteiger partial charge in [0.15, 0.2) is 10.8 Å². The summed E-state index contributed by atoms with van der Waals surface area (Å²) < 4.78 is 19.3. The largest absolute Gasteiger partial charge is 0.499 e. The second-order valence-electron chi connectivity index (χ2n) is 5.78. The Bertz CT molecular complexity index is 851. The maximum Gasteiger partial charge on any atom is 0.307 e. The van der Waals surface area contributed by atoms with Crippen LogP contribution in [-0.2, 0) is 9.53 Å². The highest BCUT2D eigenvalue weighted by Gasteiger charge is 2.42. The number of carbonyl (C=O) groups excluding carboxylic acids is 1. The van der Waals surface area contributed by atoms with E-state index in [0.717, 1.165) is 11.3 Å². The van der Waals surface area contributed by atoms with Crippen molar-refractivity contribution >= 4 is 23.2 Å². The summed E-state index contributed by atoms with van der Waals surface area (Å²) >= 11 is 1.02. The highest BCUT2D eigenvalue weighted by atomic mass is 32.1. The van der Waals surface area contributed by atoms with E-state index in [4.69, 9.17) is 4.74 Å². The Labute approximate surface area is 147 Å². The molecule has 1 atom stereocenters. The van der Waals surface area contributed by atoms with Crippen molar-refractivity contribution in [3.63, 3.8) is 0 Å². The number of halogens is 1. The Morgan fingerprint density at radius 3 is 2.76 bits per heavy atom. The number of carbonyl (C=O) groups is 2. The minimum Gasteiger partial charge on any atom is -0.499 e. The van der Waals surface area contributed by atoms with Gasteiger partial charge in [0.2, 0.25) is 0 Å². The number of hydrogen-bond acceptors (Lipinski definition) is 5. The molecular formula is C17H16FNO5S. The lowest BCUT2D eigenvalue weighted by Gasteiger charge is -2.29. The molecule has 3 rings (SSSR count). The van der Waals surface area contributed by atoms with Crippen LogP contribution in [0.3, 0.4) is 0 Å². The maximum atomic E-state index is 14.2. The Morgan fingerprint density at radius 2 is 2.20 bits per heavy atom. The molecule has 1 aliphatic carbocycles. The van der Waals surface area contributed by atoms with Gasteiger partial charge in [0.25, 0.3) is 5.91 Å². The Hall–Kier alpha value is -2.61. The number of aromatic hydroxyl groups is 1. The molecule has 6 nitrogen and oxygen atoms in total. The average molecular weight is 365 g/mol. The van der Waals surface area contributed by atoms with Gasteiger partial charge in [-0.2, -0.15) is 0 Å². The minimum atomic E-state index is -1.04. The van der Waals surface area contributed by atoms with Gasteiger partial charge in [-0.1, -0.05) is 0 Å². The molecule has 8 heteroatoms. The molecule has 2 N–H and O–H groups in total. The van der Waals surface area contributed by atoms with Crippen LogP contribution in [0.15, 0.2) is 46.0 Å². The molecule has 0 saturated carbocycles. The standard InChI is InChI=1S/C17H16FNO5S/c1-8-10(5-15(20)21)11-4-14(24-2)12(18)6-13(11)19(8)17(23)9-3-16(22)25-7-9/h3-4,7,13,22H,5-6H2,1-2H3,(H,20,21). The number of rotatable bonds is 4. The van der Waals surface area contributed by atoms with Crippen LogP contribution >= 0.6 is 11.3 Å². The maximum absolute atomic E-state index is 14.2. The van der Waals surface area contributed by atoms with Crippen molar-refractivity contribution in [1.82, 2.24) is 4.90 Å². The molecule has 1 aromatic rings. The molecule has 0 saturated heterocycles. The van der Waals surface area contributed by atoms with Gasteiger partial charge in [-0.15, -0.1) is 11.3 Å². The average Bonchev–Trinajstić information content (AvgIpc) is 3.08. The molecular weight excluding hydrogens is 349 g/mol. The molecule has 0 spiro atoms. The van der Waals surface area contributed by atoms with Crippen LogP contribution in [0.25, 0.3) is 0 Å². The first-order valence-corrected chi connectivity index (χ1v) is 8.38. The molecule has 1 unspecified atom stereocenters. The SMILES string of the molecule is COC1=C(F)CC2C(=C1)C(CC(=O)O)=C(C)N2C(=O)c1csc(O)c1. The first kappa shape index (κ1) is 17.2. The van der Waals surface area contributed by atoms with E-state index in [9.17, 15) is 24.2 Å². The molecule has 0 fully saturated rings. The second-order valence-corrected chi connectivity index (χ2v) is 6.67. The molecule has 0 bridgehead atoms. The number of allylic oxidation sites excluding steroid dienone is 2. The summed E-state index contributed by atoms with van der Waals surface area (Å²) in [6.45, 7) is 1.64. The summed E-state index contributed by atoms with van der Waals surface area (Å²) in [6.07, 6.45) is 1.10. The number of carboxylic acid groups (broad SMARTS) is 1. The third-order valence-electron chi connectivity index (χ3n) is 4.34. The lowest BCUT2D eigenvalue weighted by molar-refractivity contribution is -0.136. The summed E-state index contributed by atoms with van der Waals surface area (Å²) in [4.78, 5) is 25.5. The molecule has 1 amide bonds. The fourth-order valence-electron chi connectivity index (χ4n) is 3.22. The summed E-state index contributed by atoms with van der Waals surface area (Å²) in [5.41, 5.74) is 1.80. The van der Waals surface area contributed by atoms with Gasteiger partial charge < -0.3 is 19.8 Å². The molecule has 1 aromatic heterocycles. The highest BCUT2D eigenvalue weighted by molar-refractivity contribution is 7.12. The Morgan fingerprint density at radius 1 is 1.48 bits per heavy atom. The smallest absolute Gasteiger partial charge is 0.307 e. The summed E-state index contributed by atoms with van der Waals surface area (Å²) in [5, 5.41) is 20.2. The van der Waals surface area contributed by atoms with Crippen molar-refractivity contribution in [2.75, 3.05) is 7.11 Å². The van der Waals surface area contributed by atoms with Gasteiger partial charge in [0.1, 0.15) is 5.83 Å². The van der Waals surface area contributed by atoms with E-state index in [-0.39, 0.29) is 29.2 Å². The fraction of sp³-hybridized carbons (Fsp3) is 0.294. The van der Waals surface area contributed by atoms with E-state index < -0.39 is 23.7 Å². The van der Waals surface area contributed by atoms with Gasteiger partial charge >= 0.3 is 5.97 Å². The minimum absolute atomic E-state index is 0.00194. The number of nitrogens with zero attached hydrogens (tertiary/aromatic N) is 1. The van der Waals surface area contributed by atoms with Crippen LogP contribution < -0.4 is 0 Å². The number of thiophene rings is 1. The van der Waals surface area contributed by atoms with Crippen LogP contribution in [0, 0.1) is 0 Å². The lowest BCUT2D eigenvalue weighted by Crippen LogP contribution is -2.37. The number of fused-ring (bicyclic) bond motifs is 1. The third kappa shape index (κ3) is 2.93. The van der Waals surface area contributed by atoms with Gasteiger partial charge in [-0.05, 0) is 24.1 Å². The van der Waals surface area contributed by atoms with Gasteiger partial charge in [0.05, 0.1) is 25.1 Å². The molecule has 2 heterocycles. The van der Waals surface area contributed by atoms with Crippen molar-refractivity contribution < 1.29 is 28.9 Å². The zero-order valence-corrected chi connectivity index (χ0v) is 14.4. The predicted octanol–water partition coefficient (Wildman–Crippen LogP) is 3.18. The van der Waals surface area contributed by atoms with Crippen LogP contribution in [-0.4, -0.2) is 40.1 Å². The van der Waals surface area contributed by atoms with Crippen LogP contribution in [0.5, 0.6) is 5.06 Å². The van der Waals surface area contributed by atoms with Crippen LogP contribution in [0.2, 0.25) is 0 Å².